The van der Waals surface area contributed by atoms with Gasteiger partial charge in [-0.05, 0) is 29.1 Å². The highest BCUT2D eigenvalue weighted by Gasteiger charge is 2.43. The highest BCUT2D eigenvalue weighted by molar-refractivity contribution is 7.10. The summed E-state index contributed by atoms with van der Waals surface area (Å²) in [4.78, 5) is 18.6. The molecule has 5 rings (SSSR count). The van der Waals surface area contributed by atoms with E-state index in [1.165, 1.54) is 6.33 Å². The van der Waals surface area contributed by atoms with Crippen LogP contribution in [0.15, 0.2) is 59.9 Å². The van der Waals surface area contributed by atoms with Gasteiger partial charge in [0, 0.05) is 27.9 Å². The monoisotopic (exact) mass is 382 g/mol. The van der Waals surface area contributed by atoms with Crippen LogP contribution in [0.2, 0.25) is 5.02 Å². The zero-order valence-electron chi connectivity index (χ0n) is 13.7. The molecule has 130 valence electrons. The largest absolute Gasteiger partial charge is 0.328 e. The van der Waals surface area contributed by atoms with Gasteiger partial charge in [-0.3, -0.25) is 4.79 Å². The van der Waals surface area contributed by atoms with Gasteiger partial charge in [-0.25, -0.2) is 4.68 Å². The van der Waals surface area contributed by atoms with Crippen LogP contribution < -0.4 is 5.32 Å². The zero-order valence-corrected chi connectivity index (χ0v) is 15.2. The first-order valence-corrected chi connectivity index (χ1v) is 9.66. The van der Waals surface area contributed by atoms with Crippen molar-refractivity contribution >= 4 is 34.7 Å². The van der Waals surface area contributed by atoms with Gasteiger partial charge in [0.05, 0.1) is 5.92 Å². The van der Waals surface area contributed by atoms with Crippen molar-refractivity contribution in [2.75, 3.05) is 5.32 Å². The van der Waals surface area contributed by atoms with Crippen molar-refractivity contribution in [2.45, 2.75) is 18.4 Å². The molecule has 3 aromatic rings. The third-order valence-electron chi connectivity index (χ3n) is 5.03. The Morgan fingerprint density at radius 3 is 2.85 bits per heavy atom. The third-order valence-corrected chi connectivity index (χ3v) is 6.22. The Morgan fingerprint density at radius 2 is 2.08 bits per heavy atom. The van der Waals surface area contributed by atoms with Gasteiger partial charge in [0.15, 0.2) is 0 Å². The molecule has 0 amide bonds. The van der Waals surface area contributed by atoms with Crippen molar-refractivity contribution in [1.82, 2.24) is 14.8 Å². The number of halogens is 1. The van der Waals surface area contributed by atoms with Crippen molar-refractivity contribution < 1.29 is 4.79 Å². The van der Waals surface area contributed by atoms with E-state index in [0.29, 0.717) is 17.4 Å². The molecule has 2 aromatic heterocycles. The van der Waals surface area contributed by atoms with E-state index in [0.717, 1.165) is 16.1 Å². The van der Waals surface area contributed by atoms with Crippen LogP contribution in [-0.2, 0) is 4.79 Å². The summed E-state index contributed by atoms with van der Waals surface area (Å²) in [6, 6.07) is 11.6. The maximum atomic E-state index is 13.2. The molecule has 0 spiro atoms. The van der Waals surface area contributed by atoms with E-state index in [-0.39, 0.29) is 23.7 Å². The molecule has 0 radical (unpaired) electrons. The van der Waals surface area contributed by atoms with Crippen LogP contribution in [0.3, 0.4) is 0 Å². The van der Waals surface area contributed by atoms with E-state index in [1.54, 1.807) is 11.3 Å². The summed E-state index contributed by atoms with van der Waals surface area (Å²) in [5.74, 6) is 0.674. The molecule has 5 nitrogen and oxygen atoms in total. The Labute approximate surface area is 159 Å². The molecule has 0 unspecified atom stereocenters. The van der Waals surface area contributed by atoms with Crippen LogP contribution in [0, 0.1) is 5.92 Å². The highest BCUT2D eigenvalue weighted by atomic mass is 35.5. The Hall–Kier alpha value is -2.44. The molecule has 3 atom stereocenters. The SMILES string of the molecule is O=C1C[C@H](c2ccc(Cl)cc2)C=C2Nc3ncnn3[C@H](c3cccs3)[C@@H]12. The second kappa shape index (κ2) is 6.07. The van der Waals surface area contributed by atoms with Crippen molar-refractivity contribution in [3.8, 4) is 0 Å². The number of allylic oxidation sites excluding steroid dienone is 2. The highest BCUT2D eigenvalue weighted by Crippen LogP contribution is 2.44. The Morgan fingerprint density at radius 1 is 1.23 bits per heavy atom. The Kier molecular flexibility index (Phi) is 3.69. The summed E-state index contributed by atoms with van der Waals surface area (Å²) in [5.41, 5.74) is 2.01. The normalized spacial score (nSPS) is 24.4. The van der Waals surface area contributed by atoms with Gasteiger partial charge in [-0.15, -0.1) is 11.3 Å². The molecule has 26 heavy (non-hydrogen) atoms. The minimum Gasteiger partial charge on any atom is -0.328 e. The van der Waals surface area contributed by atoms with Crippen LogP contribution in [0.1, 0.15) is 28.8 Å². The average molecular weight is 383 g/mol. The Bertz CT molecular complexity index is 993. The molecule has 1 aliphatic heterocycles. The molecule has 7 heteroatoms. The lowest BCUT2D eigenvalue weighted by atomic mass is 9.77. The number of nitrogens with one attached hydrogen (secondary N) is 1. The van der Waals surface area contributed by atoms with E-state index in [1.807, 2.05) is 40.4 Å². The summed E-state index contributed by atoms with van der Waals surface area (Å²) >= 11 is 7.64. The number of anilines is 1. The second-order valence-electron chi connectivity index (χ2n) is 6.54. The van der Waals surface area contributed by atoms with Gasteiger partial charge in [0.2, 0.25) is 5.95 Å². The fourth-order valence-corrected chi connectivity index (χ4v) is 4.82. The molecule has 1 N–H and O–H groups in total. The molecule has 3 heterocycles. The number of carbonyl (C=O) groups is 1. The number of thiophene rings is 1. The van der Waals surface area contributed by atoms with Crippen LogP contribution in [-0.4, -0.2) is 20.5 Å². The van der Waals surface area contributed by atoms with E-state index in [4.69, 9.17) is 11.6 Å². The van der Waals surface area contributed by atoms with Crippen molar-refractivity contribution in [2.24, 2.45) is 5.92 Å². The quantitative estimate of drug-likeness (QED) is 0.719. The minimum absolute atomic E-state index is 0.0389. The number of benzene rings is 1. The maximum Gasteiger partial charge on any atom is 0.226 e. The summed E-state index contributed by atoms with van der Waals surface area (Å²) in [6.45, 7) is 0. The predicted octanol–water partition coefficient (Wildman–Crippen LogP) is 4.26. The molecule has 1 aliphatic carbocycles. The molecule has 0 bridgehead atoms. The lowest BCUT2D eigenvalue weighted by Gasteiger charge is -2.37. The molecule has 2 aliphatic rings. The molecular formula is C19H15ClN4OS. The minimum atomic E-state index is -0.258. The van der Waals surface area contributed by atoms with Crippen LogP contribution in [0.25, 0.3) is 0 Å². The Balaban J connectivity index is 1.60. The number of aromatic nitrogens is 3. The summed E-state index contributed by atoms with van der Waals surface area (Å²) in [5, 5.41) is 10.4. The second-order valence-corrected chi connectivity index (χ2v) is 7.96. The molecule has 0 saturated heterocycles. The standard InChI is InChI=1S/C19H15ClN4OS/c20-13-5-3-11(4-6-13)12-8-14-17(15(25)9-12)18(16-2-1-7-26-16)24-19(23-14)21-10-22-24/h1-8,10,12,17-18H,9H2,(H,21,22,23)/t12-,17-,18-/m1/s1. The number of hydrogen-bond donors (Lipinski definition) is 1. The first-order chi connectivity index (χ1) is 12.7. The van der Waals surface area contributed by atoms with E-state index in [9.17, 15) is 4.79 Å². The van der Waals surface area contributed by atoms with Gasteiger partial charge >= 0.3 is 0 Å². The lowest BCUT2D eigenvalue weighted by Crippen LogP contribution is -2.39. The van der Waals surface area contributed by atoms with E-state index in [2.05, 4.69) is 27.5 Å². The van der Waals surface area contributed by atoms with Gasteiger partial charge < -0.3 is 5.32 Å². The van der Waals surface area contributed by atoms with Gasteiger partial charge in [0.25, 0.3) is 0 Å². The van der Waals surface area contributed by atoms with Crippen molar-refractivity contribution in [3.05, 3.63) is 75.3 Å². The molecule has 0 saturated carbocycles. The smallest absolute Gasteiger partial charge is 0.226 e. The maximum absolute atomic E-state index is 13.2. The van der Waals surface area contributed by atoms with Gasteiger partial charge in [0.1, 0.15) is 18.2 Å². The average Bonchev–Trinajstić information content (AvgIpc) is 3.32. The molecule has 0 fully saturated rings. The lowest BCUT2D eigenvalue weighted by molar-refractivity contribution is -0.123. The first-order valence-electron chi connectivity index (χ1n) is 8.40. The van der Waals surface area contributed by atoms with E-state index >= 15 is 0 Å². The zero-order chi connectivity index (χ0) is 17.7. The molecule has 1 aromatic carbocycles. The number of fused-ring (bicyclic) bond motifs is 2. The number of carbonyl (C=O) groups excluding carboxylic acids is 1. The summed E-state index contributed by atoms with van der Waals surface area (Å²) in [6.07, 6.45) is 4.17. The van der Waals surface area contributed by atoms with Gasteiger partial charge in [-0.2, -0.15) is 10.1 Å². The third kappa shape index (κ3) is 2.48. The fraction of sp³-hybridized carbons (Fsp3) is 0.211. The van der Waals surface area contributed by atoms with Gasteiger partial charge in [-0.1, -0.05) is 35.9 Å². The predicted molar refractivity (Wildman–Crippen MR) is 101 cm³/mol. The fourth-order valence-electron chi connectivity index (χ4n) is 3.84. The van der Waals surface area contributed by atoms with Crippen molar-refractivity contribution in [3.63, 3.8) is 0 Å². The van der Waals surface area contributed by atoms with Crippen molar-refractivity contribution in [1.29, 1.82) is 0 Å². The van der Waals surface area contributed by atoms with Crippen LogP contribution in [0.5, 0.6) is 0 Å². The molecular weight excluding hydrogens is 368 g/mol. The number of Topliss-reactive ketones (excluding diaryl/α,β-unsaturated/α-hetero) is 1. The summed E-state index contributed by atoms with van der Waals surface area (Å²) in [7, 11) is 0. The summed E-state index contributed by atoms with van der Waals surface area (Å²) < 4.78 is 1.83. The number of rotatable bonds is 2. The first kappa shape index (κ1) is 15.8. The number of hydrogen-bond acceptors (Lipinski definition) is 5. The number of ketones is 1. The topological polar surface area (TPSA) is 59.8 Å². The van der Waals surface area contributed by atoms with Crippen LogP contribution in [0.4, 0.5) is 5.95 Å². The van der Waals surface area contributed by atoms with Crippen LogP contribution >= 0.6 is 22.9 Å². The van der Waals surface area contributed by atoms with E-state index < -0.39 is 0 Å². The number of nitrogens with zero attached hydrogens (tertiary/aromatic N) is 3.